The average Bonchev–Trinajstić information content (AvgIpc) is 3.14. The lowest BCUT2D eigenvalue weighted by molar-refractivity contribution is -0.162. The third-order valence-electron chi connectivity index (χ3n) is 9.25. The van der Waals surface area contributed by atoms with Gasteiger partial charge in [-0.3, -0.25) is 28.2 Å². The van der Waals surface area contributed by atoms with Crippen molar-refractivity contribution >= 4 is 56.5 Å². The van der Waals surface area contributed by atoms with Crippen LogP contribution in [0.4, 0.5) is 0 Å². The van der Waals surface area contributed by atoms with Crippen molar-refractivity contribution in [2.24, 2.45) is 11.5 Å². The maximum Gasteiger partial charge on any atom is 0.472 e. The number of rotatable bonds is 40. The second-order valence-corrected chi connectivity index (χ2v) is 17.0. The number of nitrogens with two attached hydrogens (primary N) is 2. The summed E-state index contributed by atoms with van der Waals surface area (Å²) in [6, 6.07) is -0.986. The minimum Gasteiger partial charge on any atom is -0.462 e. The van der Waals surface area contributed by atoms with Crippen LogP contribution in [0.15, 0.2) is 0 Å². The van der Waals surface area contributed by atoms with Crippen molar-refractivity contribution in [2.45, 2.75) is 219 Å². The molecule has 5 N–H and O–H groups in total. The lowest BCUT2D eigenvalue weighted by atomic mass is 10.1. The van der Waals surface area contributed by atoms with Crippen LogP contribution in [0.2, 0.25) is 0 Å². The molecule has 0 heterocycles. The molecule has 0 fully saturated rings. The number of phosphoric ester groups is 1. The molecular formula is C42H83Cl2N2O12P. The molecule has 0 amide bonds. The van der Waals surface area contributed by atoms with Gasteiger partial charge in [-0.05, 0) is 26.7 Å². The van der Waals surface area contributed by atoms with Gasteiger partial charge in [0.2, 0.25) is 0 Å². The molecule has 0 aromatic carbocycles. The summed E-state index contributed by atoms with van der Waals surface area (Å²) in [6.07, 6.45) is 22.7. The third-order valence-corrected chi connectivity index (χ3v) is 10.2. The van der Waals surface area contributed by atoms with E-state index in [2.05, 4.69) is 13.8 Å². The van der Waals surface area contributed by atoms with Crippen molar-refractivity contribution in [1.82, 2.24) is 0 Å². The first-order valence-electron chi connectivity index (χ1n) is 22.1. The SMILES string of the molecule is CCCCCCCCCCCCCC(=O)OC[C@H](COP(=O)(O)OCC(COC(=O)C[C@@H](C)N)OC(=O)C[C@@H](C)N)OC(=O)CCCCCCCCCCCCC.Cl.Cl. The Hall–Kier alpha value is -1.51. The number of carbonyl (C=O) groups excluding carboxylic acids is 4. The molecule has 0 aliphatic heterocycles. The highest BCUT2D eigenvalue weighted by Crippen LogP contribution is 2.43. The Morgan fingerprint density at radius 1 is 0.475 bits per heavy atom. The standard InChI is InChI=1S/C42H81N2O12P.2ClH/c1-5-7-9-11-13-15-17-19-21-23-25-27-39(45)51-31-37(55-40(46)28-26-24-22-20-18-16-14-12-10-8-6-2)33-53-57(49,50)54-34-38(56-42(48)30-36(4)44)32-52-41(47)29-35(3)43;;/h35-38H,5-34,43-44H2,1-4H3,(H,49,50);2*1H/t35-,36-,37-,38?;;/m1../s1. The normalized spacial score (nSPS) is 14.1. The Kier molecular flexibility index (Phi) is 43.8. The van der Waals surface area contributed by atoms with Gasteiger partial charge >= 0.3 is 31.7 Å². The fourth-order valence-electron chi connectivity index (χ4n) is 6.00. The Morgan fingerprint density at radius 2 is 0.780 bits per heavy atom. The van der Waals surface area contributed by atoms with Crippen LogP contribution in [0, 0.1) is 0 Å². The van der Waals surface area contributed by atoms with Gasteiger partial charge in [0.05, 0.1) is 26.1 Å². The van der Waals surface area contributed by atoms with Gasteiger partial charge in [0.25, 0.3) is 0 Å². The minimum absolute atomic E-state index is 0. The Bertz CT molecular complexity index is 1090. The van der Waals surface area contributed by atoms with Crippen LogP contribution in [0.1, 0.15) is 195 Å². The first-order valence-corrected chi connectivity index (χ1v) is 23.6. The van der Waals surface area contributed by atoms with Crippen molar-refractivity contribution in [3.63, 3.8) is 0 Å². The summed E-state index contributed by atoms with van der Waals surface area (Å²) in [5, 5.41) is 0. The quantitative estimate of drug-likeness (QED) is 0.0226. The van der Waals surface area contributed by atoms with Crippen molar-refractivity contribution in [3.05, 3.63) is 0 Å². The number of esters is 4. The van der Waals surface area contributed by atoms with Crippen LogP contribution < -0.4 is 11.5 Å². The molecule has 0 radical (unpaired) electrons. The van der Waals surface area contributed by atoms with E-state index in [0.717, 1.165) is 38.5 Å². The van der Waals surface area contributed by atoms with Crippen LogP contribution >= 0.6 is 32.6 Å². The highest BCUT2D eigenvalue weighted by Gasteiger charge is 2.29. The van der Waals surface area contributed by atoms with E-state index in [9.17, 15) is 28.6 Å². The number of hydrogen-bond acceptors (Lipinski definition) is 13. The summed E-state index contributed by atoms with van der Waals surface area (Å²) < 4.78 is 44.4. The van der Waals surface area contributed by atoms with E-state index in [1.54, 1.807) is 13.8 Å². The summed E-state index contributed by atoms with van der Waals surface area (Å²) in [4.78, 5) is 60.1. The number of hydrogen-bond donors (Lipinski definition) is 3. The zero-order valence-corrected chi connectivity index (χ0v) is 39.4. The van der Waals surface area contributed by atoms with Gasteiger partial charge < -0.3 is 35.3 Å². The molecular weight excluding hydrogens is 826 g/mol. The second kappa shape index (κ2) is 41.8. The number of carbonyl (C=O) groups is 4. The largest absolute Gasteiger partial charge is 0.472 e. The van der Waals surface area contributed by atoms with Gasteiger partial charge in [0.15, 0.2) is 12.2 Å². The highest BCUT2D eigenvalue weighted by atomic mass is 35.5. The molecule has 352 valence electrons. The van der Waals surface area contributed by atoms with Crippen LogP contribution in [0.3, 0.4) is 0 Å². The topological polar surface area (TPSA) is 213 Å². The zero-order chi connectivity index (χ0) is 42.6. The molecule has 0 saturated heterocycles. The fraction of sp³-hybridized carbons (Fsp3) is 0.905. The first kappa shape index (κ1) is 61.8. The highest BCUT2D eigenvalue weighted by molar-refractivity contribution is 7.47. The van der Waals surface area contributed by atoms with Crippen molar-refractivity contribution in [1.29, 1.82) is 0 Å². The lowest BCUT2D eigenvalue weighted by Crippen LogP contribution is -2.33. The van der Waals surface area contributed by atoms with Gasteiger partial charge in [0.1, 0.15) is 13.2 Å². The van der Waals surface area contributed by atoms with Gasteiger partial charge in [-0.15, -0.1) is 24.8 Å². The van der Waals surface area contributed by atoms with Gasteiger partial charge in [0, 0.05) is 24.9 Å². The van der Waals surface area contributed by atoms with Crippen LogP contribution in [0.5, 0.6) is 0 Å². The van der Waals surface area contributed by atoms with E-state index in [1.807, 2.05) is 0 Å². The maximum atomic E-state index is 12.9. The van der Waals surface area contributed by atoms with E-state index in [4.69, 9.17) is 39.5 Å². The summed E-state index contributed by atoms with van der Waals surface area (Å²) >= 11 is 0. The molecule has 59 heavy (non-hydrogen) atoms. The molecule has 17 heteroatoms. The first-order chi connectivity index (χ1) is 27.3. The van der Waals surface area contributed by atoms with Crippen LogP contribution in [0.25, 0.3) is 0 Å². The van der Waals surface area contributed by atoms with Gasteiger partial charge in [-0.2, -0.15) is 0 Å². The molecule has 0 aliphatic carbocycles. The van der Waals surface area contributed by atoms with Crippen LogP contribution in [-0.2, 0) is 51.7 Å². The van der Waals surface area contributed by atoms with Gasteiger partial charge in [-0.1, -0.05) is 142 Å². The molecule has 0 rings (SSSR count). The summed E-state index contributed by atoms with van der Waals surface area (Å²) in [7, 11) is -4.83. The smallest absolute Gasteiger partial charge is 0.462 e. The monoisotopic (exact) mass is 909 g/mol. The molecule has 0 saturated carbocycles. The van der Waals surface area contributed by atoms with Gasteiger partial charge in [-0.25, -0.2) is 4.57 Å². The Balaban J connectivity index is -0.0000157. The number of ether oxygens (including phenoxy) is 4. The van der Waals surface area contributed by atoms with E-state index in [0.29, 0.717) is 12.8 Å². The Labute approximate surface area is 368 Å². The zero-order valence-electron chi connectivity index (χ0n) is 36.9. The Morgan fingerprint density at radius 3 is 1.15 bits per heavy atom. The minimum atomic E-state index is -4.83. The molecule has 0 spiro atoms. The molecule has 0 aromatic heterocycles. The van der Waals surface area contributed by atoms with Crippen molar-refractivity contribution < 1.29 is 56.6 Å². The summed E-state index contributed by atoms with van der Waals surface area (Å²) in [5.74, 6) is -2.38. The molecule has 0 aromatic rings. The van der Waals surface area contributed by atoms with E-state index >= 15 is 0 Å². The second-order valence-electron chi connectivity index (χ2n) is 15.6. The molecule has 14 nitrogen and oxygen atoms in total. The molecule has 0 aliphatic rings. The van der Waals surface area contributed by atoms with E-state index in [-0.39, 0.29) is 57.1 Å². The molecule has 0 bridgehead atoms. The third kappa shape index (κ3) is 43.0. The van der Waals surface area contributed by atoms with E-state index < -0.39 is 75.8 Å². The molecule has 5 atom stereocenters. The van der Waals surface area contributed by atoms with Crippen molar-refractivity contribution in [2.75, 3.05) is 26.4 Å². The fourth-order valence-corrected chi connectivity index (χ4v) is 6.78. The van der Waals surface area contributed by atoms with Crippen LogP contribution in [-0.4, -0.2) is 79.5 Å². The van der Waals surface area contributed by atoms with E-state index in [1.165, 1.54) is 89.9 Å². The predicted octanol–water partition coefficient (Wildman–Crippen LogP) is 9.75. The summed E-state index contributed by atoms with van der Waals surface area (Å²) in [6.45, 7) is 5.54. The maximum absolute atomic E-state index is 12.9. The average molecular weight is 910 g/mol. The van der Waals surface area contributed by atoms with Crippen molar-refractivity contribution in [3.8, 4) is 0 Å². The number of phosphoric acid groups is 1. The molecule has 2 unspecified atom stereocenters. The summed E-state index contributed by atoms with van der Waals surface area (Å²) in [5.41, 5.74) is 11.3. The predicted molar refractivity (Wildman–Crippen MR) is 237 cm³/mol. The lowest BCUT2D eigenvalue weighted by Gasteiger charge is -2.22. The number of unbranched alkanes of at least 4 members (excludes halogenated alkanes) is 20. The number of halogens is 2.